The molecule has 39 heavy (non-hydrogen) atoms. The lowest BCUT2D eigenvalue weighted by molar-refractivity contribution is -0.114. The summed E-state index contributed by atoms with van der Waals surface area (Å²) in [6.45, 7) is 21.1. The van der Waals surface area contributed by atoms with Gasteiger partial charge in [-0.15, -0.1) is 0 Å². The molecule has 0 spiro atoms. The van der Waals surface area contributed by atoms with Gasteiger partial charge in [0.2, 0.25) is 0 Å². The van der Waals surface area contributed by atoms with Gasteiger partial charge in [0, 0.05) is 28.4 Å². The number of nitrogens with zero attached hydrogens (tertiary/aromatic N) is 1. The van der Waals surface area contributed by atoms with Gasteiger partial charge >= 0.3 is 0 Å². The molecule has 2 aromatic rings. The third-order valence-corrected chi connectivity index (χ3v) is 4.38. The van der Waals surface area contributed by atoms with Gasteiger partial charge < -0.3 is 5.32 Å². The van der Waals surface area contributed by atoms with E-state index < -0.39 is 0 Å². The second-order valence-electron chi connectivity index (χ2n) is 7.98. The van der Waals surface area contributed by atoms with E-state index in [4.69, 9.17) is 11.6 Å². The molecule has 0 saturated carbocycles. The summed E-state index contributed by atoms with van der Waals surface area (Å²) in [7, 11) is 0. The number of carbonyl (C=O) groups is 1. The number of halogens is 1. The lowest BCUT2D eigenvalue weighted by Crippen LogP contribution is -2.17. The van der Waals surface area contributed by atoms with Crippen molar-refractivity contribution < 1.29 is 4.79 Å². The number of carbonyl (C=O) groups excluding carboxylic acids is 1. The van der Waals surface area contributed by atoms with Crippen LogP contribution in [0.5, 0.6) is 0 Å². The first-order valence-electron chi connectivity index (χ1n) is 13.0. The van der Waals surface area contributed by atoms with Gasteiger partial charge in [0.25, 0.3) is 0 Å². The summed E-state index contributed by atoms with van der Waals surface area (Å²) in [5.74, 6) is 0.859. The molecule has 0 bridgehead atoms. The van der Waals surface area contributed by atoms with Crippen LogP contribution in [0.2, 0.25) is 5.02 Å². The van der Waals surface area contributed by atoms with Crippen LogP contribution in [0.1, 0.15) is 59.9 Å². The Morgan fingerprint density at radius 3 is 1.72 bits per heavy atom. The minimum absolute atomic E-state index is 0.0765. The number of aliphatic imine (C=N–C) groups is 1. The van der Waals surface area contributed by atoms with Crippen LogP contribution in [-0.2, 0) is 4.79 Å². The van der Waals surface area contributed by atoms with Gasteiger partial charge in [0.15, 0.2) is 5.78 Å². The van der Waals surface area contributed by atoms with Crippen molar-refractivity contribution in [1.29, 1.82) is 0 Å². The molecule has 2 aromatic carbocycles. The summed E-state index contributed by atoms with van der Waals surface area (Å²) in [6.07, 6.45) is 12.1. The predicted octanol–water partition coefficient (Wildman–Crippen LogP) is 10.4. The number of hydrogen-bond donors (Lipinski definition) is 2. The Bertz CT molecular complexity index is 986. The van der Waals surface area contributed by atoms with Crippen LogP contribution in [-0.4, -0.2) is 17.9 Å². The molecule has 0 aromatic heterocycles. The molecular weight excluding hydrogens is 520 g/mol. The van der Waals surface area contributed by atoms with Crippen molar-refractivity contribution in [1.82, 2.24) is 5.32 Å². The molecule has 0 fully saturated rings. The molecule has 0 radical (unpaired) electrons. The minimum atomic E-state index is 0.0765. The number of amidine groups is 1. The standard InChI is InChI=1S/C17H24N2O.C7H8.C6H5Cl.C3H8.CH4S/c1-7-10-13(4)18-15(6)19-14(5)11-12-16(8-2)17(20)9-3;1-7-5-3-2-4-6-7;7-6-4-2-1-3-5-6;1-3-2;1-2/h7-8,10-12H,1-2,9H2,3-6H3,(H,18,19);2-6H,1H3;1-5H;3H2,1-2H3;2H,1H3/b13-10-,14-11+,16-12+;;;;. The van der Waals surface area contributed by atoms with Crippen molar-refractivity contribution >= 4 is 35.8 Å². The molecule has 0 aliphatic carbocycles. The number of ketones is 1. The largest absolute Gasteiger partial charge is 0.348 e. The third-order valence-electron chi connectivity index (χ3n) is 4.13. The molecule has 0 aliphatic heterocycles. The number of Topliss-reactive ketones (excluding diaryl/α,β-unsaturated/α-hetero) is 1. The highest BCUT2D eigenvalue weighted by atomic mass is 35.5. The van der Waals surface area contributed by atoms with E-state index in [0.29, 0.717) is 12.0 Å². The summed E-state index contributed by atoms with van der Waals surface area (Å²) in [5.41, 5.74) is 3.71. The molecule has 3 nitrogen and oxygen atoms in total. The number of nitrogens with one attached hydrogen (secondary N) is 1. The summed E-state index contributed by atoms with van der Waals surface area (Å²) >= 11 is 9.07. The van der Waals surface area contributed by atoms with E-state index in [-0.39, 0.29) is 5.78 Å². The smallest absolute Gasteiger partial charge is 0.162 e. The van der Waals surface area contributed by atoms with E-state index >= 15 is 0 Å². The fourth-order valence-electron chi connectivity index (χ4n) is 2.47. The van der Waals surface area contributed by atoms with Crippen molar-refractivity contribution in [3.8, 4) is 0 Å². The lowest BCUT2D eigenvalue weighted by Gasteiger charge is -2.05. The number of hydrogen-bond acceptors (Lipinski definition) is 3. The Kier molecular flexibility index (Phi) is 30.5. The first-order valence-corrected chi connectivity index (χ1v) is 14.2. The second-order valence-corrected chi connectivity index (χ2v) is 8.41. The van der Waals surface area contributed by atoms with Crippen LogP contribution in [0.4, 0.5) is 0 Å². The van der Waals surface area contributed by atoms with Crippen LogP contribution in [0.15, 0.2) is 126 Å². The Morgan fingerprint density at radius 2 is 1.38 bits per heavy atom. The van der Waals surface area contributed by atoms with Crippen molar-refractivity contribution in [2.24, 2.45) is 4.99 Å². The lowest BCUT2D eigenvalue weighted by atomic mass is 10.1. The van der Waals surface area contributed by atoms with E-state index in [1.807, 2.05) is 88.4 Å². The second kappa shape index (κ2) is 29.5. The van der Waals surface area contributed by atoms with E-state index in [2.05, 4.69) is 69.0 Å². The number of allylic oxidation sites excluding steroid dienone is 8. The highest BCUT2D eigenvalue weighted by molar-refractivity contribution is 7.79. The van der Waals surface area contributed by atoms with Crippen molar-refractivity contribution in [3.63, 3.8) is 0 Å². The highest BCUT2D eigenvalue weighted by Crippen LogP contribution is 2.05. The van der Waals surface area contributed by atoms with Crippen molar-refractivity contribution in [3.05, 3.63) is 132 Å². The third kappa shape index (κ3) is 27.8. The summed E-state index contributed by atoms with van der Waals surface area (Å²) in [4.78, 5) is 16.0. The van der Waals surface area contributed by atoms with Gasteiger partial charge in [-0.25, -0.2) is 4.99 Å². The zero-order valence-corrected chi connectivity index (χ0v) is 26.8. The molecule has 5 heteroatoms. The monoisotopic (exact) mass is 568 g/mol. The summed E-state index contributed by atoms with van der Waals surface area (Å²) in [6, 6.07) is 19.7. The van der Waals surface area contributed by atoms with E-state index in [1.54, 1.807) is 24.5 Å². The zero-order valence-electron chi connectivity index (χ0n) is 25.2. The van der Waals surface area contributed by atoms with Gasteiger partial charge in [-0.05, 0) is 64.3 Å². The number of benzene rings is 2. The van der Waals surface area contributed by atoms with Gasteiger partial charge in [-0.1, -0.05) is 118 Å². The average Bonchev–Trinajstić information content (AvgIpc) is 2.92. The minimum Gasteiger partial charge on any atom is -0.348 e. The maximum absolute atomic E-state index is 11.6. The van der Waals surface area contributed by atoms with E-state index in [1.165, 1.54) is 12.0 Å². The Morgan fingerprint density at radius 1 is 0.897 bits per heavy atom. The van der Waals surface area contributed by atoms with Crippen LogP contribution in [0.3, 0.4) is 0 Å². The molecule has 0 heterocycles. The van der Waals surface area contributed by atoms with Gasteiger partial charge in [-0.2, -0.15) is 12.6 Å². The molecule has 0 aliphatic rings. The number of aryl methyl sites for hydroxylation is 1. The Labute approximate surface area is 249 Å². The van der Waals surface area contributed by atoms with Crippen LogP contribution >= 0.6 is 24.2 Å². The van der Waals surface area contributed by atoms with Gasteiger partial charge in [0.05, 0.1) is 0 Å². The first kappa shape index (κ1) is 40.4. The topological polar surface area (TPSA) is 41.5 Å². The van der Waals surface area contributed by atoms with Crippen molar-refractivity contribution in [2.75, 3.05) is 6.26 Å². The van der Waals surface area contributed by atoms with Crippen LogP contribution in [0, 0.1) is 6.92 Å². The molecule has 214 valence electrons. The number of rotatable bonds is 7. The summed E-state index contributed by atoms with van der Waals surface area (Å²) in [5, 5.41) is 3.93. The maximum Gasteiger partial charge on any atom is 0.162 e. The van der Waals surface area contributed by atoms with Crippen LogP contribution in [0.25, 0.3) is 0 Å². The molecule has 0 saturated heterocycles. The molecule has 0 atom stereocenters. The number of thiol groups is 1. The first-order chi connectivity index (χ1) is 18.6. The molecule has 0 unspecified atom stereocenters. The van der Waals surface area contributed by atoms with Crippen LogP contribution < -0.4 is 5.32 Å². The molecule has 2 rings (SSSR count). The fourth-order valence-corrected chi connectivity index (χ4v) is 2.62. The normalized spacial score (nSPS) is 10.9. The molecule has 0 amide bonds. The van der Waals surface area contributed by atoms with Crippen molar-refractivity contribution in [2.45, 2.75) is 61.3 Å². The summed E-state index contributed by atoms with van der Waals surface area (Å²) < 4.78 is 0. The molecule has 1 N–H and O–H groups in total. The fraction of sp³-hybridized carbons (Fsp3) is 0.294. The quantitative estimate of drug-likeness (QED) is 0.115. The van der Waals surface area contributed by atoms with E-state index in [9.17, 15) is 4.79 Å². The SMILES string of the molecule is C=C/C=C(/C)NC(C)=N/C(C)=C/C=C(\C=C)C(=O)CC.CCC.CS.Cc1ccccc1.Clc1ccccc1. The molecular formula is C34H49ClN2OS. The predicted molar refractivity (Wildman–Crippen MR) is 181 cm³/mol. The maximum atomic E-state index is 11.6. The highest BCUT2D eigenvalue weighted by Gasteiger charge is 2.00. The van der Waals surface area contributed by atoms with Gasteiger partial charge in [-0.3, -0.25) is 4.79 Å². The Balaban J connectivity index is -0.000000547. The zero-order chi connectivity index (χ0) is 30.5. The Hall–Kier alpha value is -3.08. The van der Waals surface area contributed by atoms with Gasteiger partial charge in [0.1, 0.15) is 5.84 Å². The van der Waals surface area contributed by atoms with E-state index in [0.717, 1.165) is 22.3 Å². The average molecular weight is 569 g/mol.